The highest BCUT2D eigenvalue weighted by molar-refractivity contribution is 5.78. The molecule has 1 aliphatic heterocycles. The highest BCUT2D eigenvalue weighted by Gasteiger charge is 2.51. The lowest BCUT2D eigenvalue weighted by Gasteiger charge is -2.56. The van der Waals surface area contributed by atoms with E-state index in [0.717, 1.165) is 56.5 Å². The molecule has 5 fully saturated rings. The van der Waals surface area contributed by atoms with E-state index in [1.165, 1.54) is 49.7 Å². The Morgan fingerprint density at radius 2 is 1.55 bits per heavy atom. The van der Waals surface area contributed by atoms with Crippen LogP contribution in [-0.2, 0) is 16.0 Å². The molecule has 4 heteroatoms. The van der Waals surface area contributed by atoms with Gasteiger partial charge in [0.2, 0.25) is 11.8 Å². The number of hydrogen-bond acceptors (Lipinski definition) is 2. The zero-order valence-corrected chi connectivity index (χ0v) is 19.1. The SMILES string of the molecule is Cc1ccc(CCC(=O)N2CCC(NC(=O)CC34CC5CC(CC(C5)C3)C4)CC2)cc1. The van der Waals surface area contributed by atoms with Gasteiger partial charge in [0.15, 0.2) is 0 Å². The van der Waals surface area contributed by atoms with Gasteiger partial charge in [-0.2, -0.15) is 0 Å². The second kappa shape index (κ2) is 8.60. The molecule has 4 nitrogen and oxygen atoms in total. The van der Waals surface area contributed by atoms with E-state index in [-0.39, 0.29) is 17.9 Å². The predicted octanol–water partition coefficient (Wildman–Crippen LogP) is 4.64. The first-order valence-corrected chi connectivity index (χ1v) is 12.6. The van der Waals surface area contributed by atoms with E-state index >= 15 is 0 Å². The molecule has 4 saturated carbocycles. The number of rotatable bonds is 6. The standard InChI is InChI=1S/C27H38N2O2/c1-19-2-4-20(5-3-19)6-7-26(31)29-10-8-24(9-11-29)28-25(30)18-27-15-21-12-22(16-27)14-23(13-21)17-27/h2-5,21-24H,6-18H2,1H3,(H,28,30). The van der Waals surface area contributed by atoms with Gasteiger partial charge in [0, 0.05) is 32.0 Å². The van der Waals surface area contributed by atoms with E-state index in [1.807, 2.05) is 4.90 Å². The zero-order valence-electron chi connectivity index (χ0n) is 19.1. The maximum Gasteiger partial charge on any atom is 0.222 e. The molecule has 2 amide bonds. The molecule has 0 unspecified atom stereocenters. The fourth-order valence-electron chi connectivity index (χ4n) is 7.56. The lowest BCUT2D eigenvalue weighted by molar-refractivity contribution is -0.132. The first kappa shape index (κ1) is 21.0. The fraction of sp³-hybridized carbons (Fsp3) is 0.704. The Morgan fingerprint density at radius 1 is 0.968 bits per heavy atom. The molecule has 1 aromatic carbocycles. The molecule has 168 valence electrons. The number of piperidine rings is 1. The smallest absolute Gasteiger partial charge is 0.222 e. The lowest BCUT2D eigenvalue weighted by atomic mass is 9.49. The maximum absolute atomic E-state index is 12.9. The Kier molecular flexibility index (Phi) is 5.83. The van der Waals surface area contributed by atoms with Crippen LogP contribution in [0.25, 0.3) is 0 Å². The van der Waals surface area contributed by atoms with E-state index in [9.17, 15) is 9.59 Å². The van der Waals surface area contributed by atoms with Crippen molar-refractivity contribution in [3.63, 3.8) is 0 Å². The average molecular weight is 423 g/mol. The third-order valence-corrected chi connectivity index (χ3v) is 8.66. The Balaban J connectivity index is 1.05. The van der Waals surface area contributed by atoms with Gasteiger partial charge < -0.3 is 10.2 Å². The van der Waals surface area contributed by atoms with Crippen LogP contribution in [0.2, 0.25) is 0 Å². The summed E-state index contributed by atoms with van der Waals surface area (Å²) in [5, 5.41) is 3.34. The van der Waals surface area contributed by atoms with E-state index < -0.39 is 0 Å². The van der Waals surface area contributed by atoms with Crippen molar-refractivity contribution in [2.75, 3.05) is 13.1 Å². The Morgan fingerprint density at radius 3 is 2.13 bits per heavy atom. The molecule has 5 aliphatic rings. The average Bonchev–Trinajstić information content (AvgIpc) is 2.72. The van der Waals surface area contributed by atoms with Crippen molar-refractivity contribution in [3.8, 4) is 0 Å². The highest BCUT2D eigenvalue weighted by atomic mass is 16.2. The first-order valence-electron chi connectivity index (χ1n) is 12.6. The minimum absolute atomic E-state index is 0.238. The molecule has 1 saturated heterocycles. The number of nitrogens with one attached hydrogen (secondary N) is 1. The summed E-state index contributed by atoms with van der Waals surface area (Å²) in [7, 11) is 0. The van der Waals surface area contributed by atoms with Crippen molar-refractivity contribution in [2.24, 2.45) is 23.2 Å². The summed E-state index contributed by atoms with van der Waals surface area (Å²) in [6, 6.07) is 8.69. The summed E-state index contributed by atoms with van der Waals surface area (Å²) in [6.45, 7) is 3.63. The van der Waals surface area contributed by atoms with Gasteiger partial charge in [0.1, 0.15) is 0 Å². The van der Waals surface area contributed by atoms with Gasteiger partial charge in [-0.3, -0.25) is 9.59 Å². The molecule has 31 heavy (non-hydrogen) atoms. The van der Waals surface area contributed by atoms with Crippen LogP contribution in [0.15, 0.2) is 24.3 Å². The molecular weight excluding hydrogens is 384 g/mol. The molecule has 1 aromatic rings. The van der Waals surface area contributed by atoms with Crippen LogP contribution in [0.5, 0.6) is 0 Å². The van der Waals surface area contributed by atoms with Gasteiger partial charge in [0.05, 0.1) is 0 Å². The maximum atomic E-state index is 12.9. The first-order chi connectivity index (χ1) is 15.0. The predicted molar refractivity (Wildman–Crippen MR) is 122 cm³/mol. The summed E-state index contributed by atoms with van der Waals surface area (Å²) >= 11 is 0. The summed E-state index contributed by atoms with van der Waals surface area (Å²) in [5.41, 5.74) is 2.79. The van der Waals surface area contributed by atoms with Crippen molar-refractivity contribution in [2.45, 2.75) is 83.6 Å². The van der Waals surface area contributed by atoms with Gasteiger partial charge in [0.25, 0.3) is 0 Å². The molecule has 1 N–H and O–H groups in total. The number of amides is 2. The normalized spacial score (nSPS) is 32.3. The van der Waals surface area contributed by atoms with Gasteiger partial charge >= 0.3 is 0 Å². The molecule has 4 bridgehead atoms. The molecule has 0 radical (unpaired) electrons. The molecule has 6 rings (SSSR count). The number of carbonyl (C=O) groups excluding carboxylic acids is 2. The topological polar surface area (TPSA) is 49.4 Å². The summed E-state index contributed by atoms with van der Waals surface area (Å²) in [4.78, 5) is 27.5. The van der Waals surface area contributed by atoms with Crippen LogP contribution in [0.4, 0.5) is 0 Å². The quantitative estimate of drug-likeness (QED) is 0.726. The number of aryl methyl sites for hydroxylation is 2. The Labute approximate surface area is 187 Å². The van der Waals surface area contributed by atoms with Crippen LogP contribution in [0.1, 0.15) is 75.3 Å². The summed E-state index contributed by atoms with van der Waals surface area (Å²) in [6.07, 6.45) is 12.1. The second-order valence-corrected chi connectivity index (χ2v) is 11.3. The molecule has 0 atom stereocenters. The van der Waals surface area contributed by atoms with Crippen molar-refractivity contribution < 1.29 is 9.59 Å². The summed E-state index contributed by atoms with van der Waals surface area (Å²) in [5.74, 6) is 3.21. The van der Waals surface area contributed by atoms with Crippen LogP contribution in [0, 0.1) is 30.1 Å². The number of benzene rings is 1. The minimum atomic E-state index is 0.238. The van der Waals surface area contributed by atoms with Gasteiger partial charge in [-0.25, -0.2) is 0 Å². The molecule has 1 heterocycles. The monoisotopic (exact) mass is 422 g/mol. The summed E-state index contributed by atoms with van der Waals surface area (Å²) < 4.78 is 0. The third-order valence-electron chi connectivity index (χ3n) is 8.66. The minimum Gasteiger partial charge on any atom is -0.353 e. The van der Waals surface area contributed by atoms with Crippen LogP contribution >= 0.6 is 0 Å². The number of carbonyl (C=O) groups is 2. The highest BCUT2D eigenvalue weighted by Crippen LogP contribution is 2.61. The number of nitrogens with zero attached hydrogens (tertiary/aromatic N) is 1. The van der Waals surface area contributed by atoms with Crippen LogP contribution < -0.4 is 5.32 Å². The molecule has 4 aliphatic carbocycles. The molecule has 0 aromatic heterocycles. The van der Waals surface area contributed by atoms with Crippen molar-refractivity contribution in [1.29, 1.82) is 0 Å². The fourth-order valence-corrected chi connectivity index (χ4v) is 7.56. The van der Waals surface area contributed by atoms with Gasteiger partial charge in [-0.15, -0.1) is 0 Å². The van der Waals surface area contributed by atoms with Crippen molar-refractivity contribution in [3.05, 3.63) is 35.4 Å². The molecule has 0 spiro atoms. The van der Waals surface area contributed by atoms with E-state index in [2.05, 4.69) is 36.5 Å². The number of hydrogen-bond donors (Lipinski definition) is 1. The van der Waals surface area contributed by atoms with Crippen LogP contribution in [0.3, 0.4) is 0 Å². The Bertz CT molecular complexity index is 772. The van der Waals surface area contributed by atoms with Crippen molar-refractivity contribution in [1.82, 2.24) is 10.2 Å². The Hall–Kier alpha value is -1.84. The molecular formula is C27H38N2O2. The van der Waals surface area contributed by atoms with Crippen LogP contribution in [-0.4, -0.2) is 35.8 Å². The second-order valence-electron chi connectivity index (χ2n) is 11.3. The number of likely N-dealkylation sites (tertiary alicyclic amines) is 1. The largest absolute Gasteiger partial charge is 0.353 e. The third kappa shape index (κ3) is 4.83. The van der Waals surface area contributed by atoms with Crippen molar-refractivity contribution >= 4 is 11.8 Å². The van der Waals surface area contributed by atoms with Gasteiger partial charge in [-0.05, 0) is 93.4 Å². The van der Waals surface area contributed by atoms with Gasteiger partial charge in [-0.1, -0.05) is 29.8 Å². The van der Waals surface area contributed by atoms with E-state index in [1.54, 1.807) is 0 Å². The van der Waals surface area contributed by atoms with E-state index in [4.69, 9.17) is 0 Å². The van der Waals surface area contributed by atoms with E-state index in [0.29, 0.717) is 11.8 Å². The lowest BCUT2D eigenvalue weighted by Crippen LogP contribution is -2.50. The zero-order chi connectivity index (χ0) is 21.4.